The van der Waals surface area contributed by atoms with Crippen LogP contribution in [0, 0.1) is 19.7 Å². The van der Waals surface area contributed by atoms with Crippen LogP contribution in [0.3, 0.4) is 0 Å². The number of aryl methyl sites for hydroxylation is 2. The topological polar surface area (TPSA) is 20.2 Å². The van der Waals surface area contributed by atoms with Gasteiger partial charge in [0, 0.05) is 5.56 Å². The molecule has 0 saturated carbocycles. The Morgan fingerprint density at radius 2 is 1.71 bits per heavy atom. The molecule has 0 amide bonds. The first-order valence-corrected chi connectivity index (χ1v) is 5.59. The summed E-state index contributed by atoms with van der Waals surface area (Å²) in [4.78, 5) is 0. The molecule has 1 unspecified atom stereocenters. The molecule has 2 aromatic carbocycles. The average molecular weight is 230 g/mol. The molecule has 0 bridgehead atoms. The molecular formula is C15H15FO. The molecule has 1 atom stereocenters. The summed E-state index contributed by atoms with van der Waals surface area (Å²) >= 11 is 0. The third kappa shape index (κ3) is 2.37. The highest BCUT2D eigenvalue weighted by Crippen LogP contribution is 2.27. The summed E-state index contributed by atoms with van der Waals surface area (Å²) in [5.41, 5.74) is 3.10. The molecule has 0 aromatic heterocycles. The second kappa shape index (κ2) is 4.68. The van der Waals surface area contributed by atoms with E-state index in [1.54, 1.807) is 18.2 Å². The Hall–Kier alpha value is -1.67. The summed E-state index contributed by atoms with van der Waals surface area (Å²) in [6.45, 7) is 3.87. The zero-order valence-corrected chi connectivity index (χ0v) is 9.94. The van der Waals surface area contributed by atoms with Gasteiger partial charge in [0.2, 0.25) is 0 Å². The van der Waals surface area contributed by atoms with E-state index < -0.39 is 6.10 Å². The summed E-state index contributed by atoms with van der Waals surface area (Å²) in [7, 11) is 0. The number of hydrogen-bond acceptors (Lipinski definition) is 1. The zero-order chi connectivity index (χ0) is 12.4. The quantitative estimate of drug-likeness (QED) is 0.836. The van der Waals surface area contributed by atoms with E-state index in [-0.39, 0.29) is 5.82 Å². The van der Waals surface area contributed by atoms with Crippen LogP contribution in [0.4, 0.5) is 4.39 Å². The lowest BCUT2D eigenvalue weighted by Crippen LogP contribution is -2.04. The van der Waals surface area contributed by atoms with Crippen molar-refractivity contribution >= 4 is 0 Å². The smallest absolute Gasteiger partial charge is 0.129 e. The zero-order valence-electron chi connectivity index (χ0n) is 9.94. The number of hydrogen-bond donors (Lipinski definition) is 1. The molecule has 0 spiro atoms. The van der Waals surface area contributed by atoms with E-state index in [1.165, 1.54) is 6.07 Å². The minimum absolute atomic E-state index is 0.321. The first-order valence-electron chi connectivity index (χ1n) is 5.59. The van der Waals surface area contributed by atoms with Crippen LogP contribution in [0.15, 0.2) is 42.5 Å². The molecule has 0 aliphatic heterocycles. The molecule has 2 aromatic rings. The molecule has 0 saturated heterocycles. The second-order valence-corrected chi connectivity index (χ2v) is 4.28. The molecule has 0 fully saturated rings. The maximum absolute atomic E-state index is 13.6. The Balaban J connectivity index is 2.47. The molecule has 0 heterocycles. The first kappa shape index (κ1) is 11.8. The van der Waals surface area contributed by atoms with Gasteiger partial charge in [0.05, 0.1) is 0 Å². The van der Waals surface area contributed by atoms with Gasteiger partial charge in [-0.2, -0.15) is 0 Å². The Bertz CT molecular complexity index is 534. The van der Waals surface area contributed by atoms with E-state index >= 15 is 0 Å². The molecular weight excluding hydrogens is 215 g/mol. The number of halogens is 1. The van der Waals surface area contributed by atoms with Crippen molar-refractivity contribution in [2.75, 3.05) is 0 Å². The minimum Gasteiger partial charge on any atom is -0.384 e. The largest absolute Gasteiger partial charge is 0.384 e. The third-order valence-corrected chi connectivity index (χ3v) is 2.93. The lowest BCUT2D eigenvalue weighted by Gasteiger charge is -2.15. The van der Waals surface area contributed by atoms with Gasteiger partial charge in [-0.15, -0.1) is 0 Å². The Morgan fingerprint density at radius 1 is 1.00 bits per heavy atom. The van der Waals surface area contributed by atoms with Crippen molar-refractivity contribution in [2.45, 2.75) is 20.0 Å². The average Bonchev–Trinajstić information content (AvgIpc) is 2.32. The predicted octanol–water partition coefficient (Wildman–Crippen LogP) is 3.52. The van der Waals surface area contributed by atoms with Crippen molar-refractivity contribution in [3.8, 4) is 0 Å². The highest BCUT2D eigenvalue weighted by molar-refractivity contribution is 5.38. The molecule has 88 valence electrons. The van der Waals surface area contributed by atoms with Crippen LogP contribution in [0.2, 0.25) is 0 Å². The summed E-state index contributed by atoms with van der Waals surface area (Å²) in [5, 5.41) is 10.2. The van der Waals surface area contributed by atoms with E-state index in [9.17, 15) is 9.50 Å². The Morgan fingerprint density at radius 3 is 2.41 bits per heavy atom. The number of aliphatic hydroxyl groups is 1. The molecule has 1 nitrogen and oxygen atoms in total. The van der Waals surface area contributed by atoms with Gasteiger partial charge in [-0.05, 0) is 31.0 Å². The summed E-state index contributed by atoms with van der Waals surface area (Å²) in [6.07, 6.45) is -0.906. The molecule has 2 heteroatoms. The molecule has 0 aliphatic rings. The van der Waals surface area contributed by atoms with Gasteiger partial charge in [-0.3, -0.25) is 0 Å². The van der Waals surface area contributed by atoms with Gasteiger partial charge >= 0.3 is 0 Å². The molecule has 0 radical (unpaired) electrons. The standard InChI is InChI=1S/C15H15FO/c1-10-7-8-11(2)13(9-10)15(17)12-5-3-4-6-14(12)16/h3-9,15,17H,1-2H3. The molecule has 1 N–H and O–H groups in total. The molecule has 17 heavy (non-hydrogen) atoms. The molecule has 2 rings (SSSR count). The van der Waals surface area contributed by atoms with Crippen LogP contribution >= 0.6 is 0 Å². The van der Waals surface area contributed by atoms with Crippen molar-refractivity contribution in [2.24, 2.45) is 0 Å². The van der Waals surface area contributed by atoms with Gasteiger partial charge in [0.15, 0.2) is 0 Å². The van der Waals surface area contributed by atoms with E-state index in [0.29, 0.717) is 5.56 Å². The van der Waals surface area contributed by atoms with Gasteiger partial charge in [0.1, 0.15) is 11.9 Å². The minimum atomic E-state index is -0.906. The van der Waals surface area contributed by atoms with E-state index in [4.69, 9.17) is 0 Å². The van der Waals surface area contributed by atoms with Crippen LogP contribution in [-0.2, 0) is 0 Å². The SMILES string of the molecule is Cc1ccc(C)c(C(O)c2ccccc2F)c1. The Labute approximate surface area is 101 Å². The molecule has 0 aliphatic carbocycles. The normalized spacial score (nSPS) is 12.5. The van der Waals surface area contributed by atoms with Gasteiger partial charge in [0.25, 0.3) is 0 Å². The van der Waals surface area contributed by atoms with Gasteiger partial charge < -0.3 is 5.11 Å². The van der Waals surface area contributed by atoms with Crippen LogP contribution in [-0.4, -0.2) is 5.11 Å². The van der Waals surface area contributed by atoms with Crippen molar-refractivity contribution in [3.63, 3.8) is 0 Å². The fourth-order valence-corrected chi connectivity index (χ4v) is 1.92. The summed E-state index contributed by atoms with van der Waals surface area (Å²) in [5.74, 6) is -0.374. The Kier molecular flexibility index (Phi) is 3.25. The number of aliphatic hydroxyl groups excluding tert-OH is 1. The summed E-state index contributed by atoms with van der Waals surface area (Å²) in [6, 6.07) is 12.1. The lowest BCUT2D eigenvalue weighted by molar-refractivity contribution is 0.214. The number of rotatable bonds is 2. The number of benzene rings is 2. The van der Waals surface area contributed by atoms with Crippen LogP contribution in [0.1, 0.15) is 28.4 Å². The van der Waals surface area contributed by atoms with E-state index in [1.807, 2.05) is 32.0 Å². The van der Waals surface area contributed by atoms with Crippen molar-refractivity contribution < 1.29 is 9.50 Å². The van der Waals surface area contributed by atoms with Crippen molar-refractivity contribution in [3.05, 3.63) is 70.5 Å². The van der Waals surface area contributed by atoms with Crippen LogP contribution in [0.5, 0.6) is 0 Å². The monoisotopic (exact) mass is 230 g/mol. The predicted molar refractivity (Wildman–Crippen MR) is 66.4 cm³/mol. The maximum Gasteiger partial charge on any atom is 0.129 e. The van der Waals surface area contributed by atoms with E-state index in [0.717, 1.165) is 16.7 Å². The maximum atomic E-state index is 13.6. The highest BCUT2D eigenvalue weighted by atomic mass is 19.1. The lowest BCUT2D eigenvalue weighted by atomic mass is 9.95. The van der Waals surface area contributed by atoms with Crippen molar-refractivity contribution in [1.82, 2.24) is 0 Å². The fourth-order valence-electron chi connectivity index (χ4n) is 1.92. The van der Waals surface area contributed by atoms with Crippen LogP contribution < -0.4 is 0 Å². The van der Waals surface area contributed by atoms with Crippen LogP contribution in [0.25, 0.3) is 0 Å². The summed E-state index contributed by atoms with van der Waals surface area (Å²) < 4.78 is 13.6. The van der Waals surface area contributed by atoms with Crippen molar-refractivity contribution in [1.29, 1.82) is 0 Å². The van der Waals surface area contributed by atoms with Gasteiger partial charge in [-0.1, -0.05) is 42.0 Å². The fraction of sp³-hybridized carbons (Fsp3) is 0.200. The third-order valence-electron chi connectivity index (χ3n) is 2.93. The highest BCUT2D eigenvalue weighted by Gasteiger charge is 2.16. The van der Waals surface area contributed by atoms with Gasteiger partial charge in [-0.25, -0.2) is 4.39 Å². The first-order chi connectivity index (χ1) is 8.09. The van der Waals surface area contributed by atoms with E-state index in [2.05, 4.69) is 0 Å². The second-order valence-electron chi connectivity index (χ2n) is 4.28.